The van der Waals surface area contributed by atoms with Gasteiger partial charge in [0.25, 0.3) is 0 Å². The molecule has 0 amide bonds. The van der Waals surface area contributed by atoms with Gasteiger partial charge in [-0.05, 0) is 22.4 Å². The van der Waals surface area contributed by atoms with E-state index in [9.17, 15) is 0 Å². The minimum Gasteiger partial charge on any atom is -0.274 e. The largest absolute Gasteiger partial charge is 0.274 e. The highest BCUT2D eigenvalue weighted by Gasteiger charge is 1.99. The summed E-state index contributed by atoms with van der Waals surface area (Å²) in [7, 11) is 1.92. The maximum atomic E-state index is 4.12. The first-order valence-corrected chi connectivity index (χ1v) is 3.71. The van der Waals surface area contributed by atoms with E-state index in [-0.39, 0.29) is 0 Å². The van der Waals surface area contributed by atoms with Crippen LogP contribution >= 0.6 is 15.9 Å². The van der Waals surface area contributed by atoms with Gasteiger partial charge in [-0.15, -0.1) is 0 Å². The molecule has 0 aliphatic carbocycles. The molecule has 0 aromatic carbocycles. The van der Waals surface area contributed by atoms with E-state index in [1.165, 1.54) is 5.56 Å². The fourth-order valence-corrected chi connectivity index (χ4v) is 1.38. The van der Waals surface area contributed by atoms with Crippen LogP contribution in [0.1, 0.15) is 12.5 Å². The molecule has 50 valence electrons. The first-order valence-electron chi connectivity index (χ1n) is 2.92. The molecule has 3 heteroatoms. The normalized spacial score (nSPS) is 10.1. The predicted octanol–water partition coefficient (Wildman–Crippen LogP) is 1.74. The fourth-order valence-electron chi connectivity index (χ4n) is 0.748. The summed E-state index contributed by atoms with van der Waals surface area (Å²) >= 11 is 3.35. The third-order valence-corrected chi connectivity index (χ3v) is 1.90. The van der Waals surface area contributed by atoms with Crippen molar-refractivity contribution in [2.45, 2.75) is 13.3 Å². The number of rotatable bonds is 1. The van der Waals surface area contributed by atoms with Crippen LogP contribution in [-0.4, -0.2) is 9.78 Å². The van der Waals surface area contributed by atoms with Gasteiger partial charge in [0.15, 0.2) is 0 Å². The second-order valence-electron chi connectivity index (χ2n) is 1.97. The Labute approximate surface area is 63.0 Å². The smallest absolute Gasteiger partial charge is 0.131 e. The maximum Gasteiger partial charge on any atom is 0.131 e. The summed E-state index contributed by atoms with van der Waals surface area (Å²) in [5.41, 5.74) is 1.26. The molecule has 0 radical (unpaired) electrons. The molecule has 1 heterocycles. The van der Waals surface area contributed by atoms with Crippen molar-refractivity contribution in [3.63, 3.8) is 0 Å². The fraction of sp³-hybridized carbons (Fsp3) is 0.500. The Morgan fingerprint density at radius 2 is 2.44 bits per heavy atom. The molecule has 1 rings (SSSR count). The van der Waals surface area contributed by atoms with Crippen molar-refractivity contribution in [1.29, 1.82) is 0 Å². The summed E-state index contributed by atoms with van der Waals surface area (Å²) in [5.74, 6) is 0. The quantitative estimate of drug-likeness (QED) is 0.657. The van der Waals surface area contributed by atoms with E-state index in [1.807, 2.05) is 17.9 Å². The van der Waals surface area contributed by atoms with Crippen molar-refractivity contribution in [1.82, 2.24) is 9.78 Å². The molecule has 0 fully saturated rings. The molecule has 0 saturated heterocycles. The van der Waals surface area contributed by atoms with E-state index in [0.717, 1.165) is 11.0 Å². The molecule has 0 bridgehead atoms. The standard InChI is InChI=1S/C6H9BrN2/c1-3-5-4-9(2)8-6(5)7/h4H,3H2,1-2H3. The number of aromatic nitrogens is 2. The summed E-state index contributed by atoms with van der Waals surface area (Å²) in [6.45, 7) is 2.11. The summed E-state index contributed by atoms with van der Waals surface area (Å²) in [6.07, 6.45) is 3.05. The predicted molar refractivity (Wildman–Crippen MR) is 40.3 cm³/mol. The summed E-state index contributed by atoms with van der Waals surface area (Å²) in [5, 5.41) is 4.12. The van der Waals surface area contributed by atoms with Gasteiger partial charge in [-0.1, -0.05) is 6.92 Å². The van der Waals surface area contributed by atoms with Crippen LogP contribution in [0.15, 0.2) is 10.8 Å². The van der Waals surface area contributed by atoms with Crippen molar-refractivity contribution in [2.75, 3.05) is 0 Å². The highest BCUT2D eigenvalue weighted by Crippen LogP contribution is 2.12. The van der Waals surface area contributed by atoms with Gasteiger partial charge in [0.2, 0.25) is 0 Å². The number of hydrogen-bond acceptors (Lipinski definition) is 1. The molecule has 1 aromatic heterocycles. The van der Waals surface area contributed by atoms with Crippen LogP contribution < -0.4 is 0 Å². The Morgan fingerprint density at radius 3 is 2.67 bits per heavy atom. The number of aryl methyl sites for hydroxylation is 2. The van der Waals surface area contributed by atoms with Crippen molar-refractivity contribution in [2.24, 2.45) is 7.05 Å². The van der Waals surface area contributed by atoms with Crippen molar-refractivity contribution >= 4 is 15.9 Å². The molecule has 0 unspecified atom stereocenters. The molecule has 0 saturated carbocycles. The van der Waals surface area contributed by atoms with Crippen molar-refractivity contribution in [3.05, 3.63) is 16.4 Å². The second-order valence-corrected chi connectivity index (χ2v) is 2.72. The number of halogens is 1. The van der Waals surface area contributed by atoms with Crippen LogP contribution in [0.3, 0.4) is 0 Å². The maximum absolute atomic E-state index is 4.12. The van der Waals surface area contributed by atoms with Crippen LogP contribution in [-0.2, 0) is 13.5 Å². The lowest BCUT2D eigenvalue weighted by Crippen LogP contribution is -1.84. The zero-order chi connectivity index (χ0) is 6.85. The summed E-state index contributed by atoms with van der Waals surface area (Å²) in [6, 6.07) is 0. The van der Waals surface area contributed by atoms with Gasteiger partial charge in [0.05, 0.1) is 0 Å². The zero-order valence-electron chi connectivity index (χ0n) is 5.56. The molecule has 0 spiro atoms. The van der Waals surface area contributed by atoms with Gasteiger partial charge in [-0.3, -0.25) is 4.68 Å². The van der Waals surface area contributed by atoms with E-state index in [2.05, 4.69) is 28.0 Å². The molecule has 2 nitrogen and oxygen atoms in total. The van der Waals surface area contributed by atoms with E-state index in [1.54, 1.807) is 0 Å². The monoisotopic (exact) mass is 188 g/mol. The van der Waals surface area contributed by atoms with E-state index in [0.29, 0.717) is 0 Å². The third kappa shape index (κ3) is 1.33. The third-order valence-electron chi connectivity index (χ3n) is 1.23. The first kappa shape index (κ1) is 6.81. The van der Waals surface area contributed by atoms with Crippen LogP contribution in [0, 0.1) is 0 Å². The van der Waals surface area contributed by atoms with E-state index in [4.69, 9.17) is 0 Å². The van der Waals surface area contributed by atoms with Gasteiger partial charge in [0, 0.05) is 18.8 Å². The van der Waals surface area contributed by atoms with Gasteiger partial charge < -0.3 is 0 Å². The van der Waals surface area contributed by atoms with Gasteiger partial charge >= 0.3 is 0 Å². The summed E-state index contributed by atoms with van der Waals surface area (Å²) < 4.78 is 2.77. The lowest BCUT2D eigenvalue weighted by atomic mass is 10.3. The molecule has 0 aliphatic heterocycles. The highest BCUT2D eigenvalue weighted by molar-refractivity contribution is 9.10. The summed E-state index contributed by atoms with van der Waals surface area (Å²) in [4.78, 5) is 0. The number of nitrogens with zero attached hydrogens (tertiary/aromatic N) is 2. The van der Waals surface area contributed by atoms with Crippen LogP contribution in [0.2, 0.25) is 0 Å². The van der Waals surface area contributed by atoms with Gasteiger partial charge in [-0.25, -0.2) is 0 Å². The number of hydrogen-bond donors (Lipinski definition) is 0. The molecule has 9 heavy (non-hydrogen) atoms. The molecule has 1 aromatic rings. The lowest BCUT2D eigenvalue weighted by molar-refractivity contribution is 0.760. The molecular formula is C6H9BrN2. The highest BCUT2D eigenvalue weighted by atomic mass is 79.9. The second kappa shape index (κ2) is 2.52. The van der Waals surface area contributed by atoms with Gasteiger partial charge in [0.1, 0.15) is 4.60 Å². The van der Waals surface area contributed by atoms with Gasteiger partial charge in [-0.2, -0.15) is 5.10 Å². The Kier molecular flexibility index (Phi) is 1.90. The zero-order valence-corrected chi connectivity index (χ0v) is 7.14. The Morgan fingerprint density at radius 1 is 1.78 bits per heavy atom. The van der Waals surface area contributed by atoms with Crippen molar-refractivity contribution in [3.8, 4) is 0 Å². The average Bonchev–Trinajstić information content (AvgIpc) is 2.10. The van der Waals surface area contributed by atoms with Crippen molar-refractivity contribution < 1.29 is 0 Å². The topological polar surface area (TPSA) is 17.8 Å². The SMILES string of the molecule is CCc1cn(C)nc1Br. The molecule has 0 aliphatic rings. The lowest BCUT2D eigenvalue weighted by Gasteiger charge is -1.83. The van der Waals surface area contributed by atoms with E-state index < -0.39 is 0 Å². The van der Waals surface area contributed by atoms with Crippen LogP contribution in [0.5, 0.6) is 0 Å². The van der Waals surface area contributed by atoms with Crippen LogP contribution in [0.4, 0.5) is 0 Å². The minimum absolute atomic E-state index is 0.965. The molecule has 0 N–H and O–H groups in total. The van der Waals surface area contributed by atoms with E-state index >= 15 is 0 Å². The molecular weight excluding hydrogens is 180 g/mol. The van der Waals surface area contributed by atoms with Crippen LogP contribution in [0.25, 0.3) is 0 Å². The Bertz CT molecular complexity index is 205. The minimum atomic E-state index is 0.965. The Hall–Kier alpha value is -0.310. The average molecular weight is 189 g/mol. The first-order chi connectivity index (χ1) is 4.24. The molecule has 0 atom stereocenters. The Balaban J connectivity index is 3.01.